The molecule has 132 valence electrons. The van der Waals surface area contributed by atoms with Crippen LogP contribution in [0.5, 0.6) is 0 Å². The van der Waals surface area contributed by atoms with E-state index in [0.717, 1.165) is 21.3 Å². The standard InChI is InChI=1S/C18H21N3OS3/c1-2-13-16(17(22)20-14(11-19)15-9-6-10-23-15)25-18(21-13)24-12-7-4-3-5-8-12/h6,9-10,12,14H,2-5,7-8H2,1H3,(H,20,22). The van der Waals surface area contributed by atoms with Gasteiger partial charge >= 0.3 is 0 Å². The molecule has 2 heterocycles. The Morgan fingerprint density at radius 2 is 2.28 bits per heavy atom. The second-order valence-corrected chi connectivity index (χ2v) is 9.56. The van der Waals surface area contributed by atoms with Gasteiger partial charge in [-0.25, -0.2) is 4.98 Å². The molecular weight excluding hydrogens is 370 g/mol. The predicted molar refractivity (Wildman–Crippen MR) is 104 cm³/mol. The molecule has 25 heavy (non-hydrogen) atoms. The molecule has 1 unspecified atom stereocenters. The maximum atomic E-state index is 12.7. The Kier molecular flexibility index (Phi) is 6.51. The number of thiazole rings is 1. The van der Waals surface area contributed by atoms with Gasteiger partial charge in [0.15, 0.2) is 10.4 Å². The molecule has 0 radical (unpaired) electrons. The summed E-state index contributed by atoms with van der Waals surface area (Å²) in [5.41, 5.74) is 0.837. The average molecular weight is 392 g/mol. The zero-order chi connectivity index (χ0) is 17.6. The molecule has 4 nitrogen and oxygen atoms in total. The second-order valence-electron chi connectivity index (χ2n) is 6.04. The molecule has 7 heteroatoms. The molecule has 2 aromatic rings. The number of aryl methyl sites for hydroxylation is 1. The van der Waals surface area contributed by atoms with Crippen LogP contribution in [-0.4, -0.2) is 16.1 Å². The van der Waals surface area contributed by atoms with Crippen molar-refractivity contribution in [3.63, 3.8) is 0 Å². The number of nitriles is 1. The largest absolute Gasteiger partial charge is 0.331 e. The summed E-state index contributed by atoms with van der Waals surface area (Å²) in [7, 11) is 0. The molecule has 3 rings (SSSR count). The summed E-state index contributed by atoms with van der Waals surface area (Å²) < 4.78 is 0.985. The third kappa shape index (κ3) is 4.63. The molecule has 1 fully saturated rings. The van der Waals surface area contributed by atoms with E-state index in [9.17, 15) is 10.1 Å². The van der Waals surface area contributed by atoms with Gasteiger partial charge < -0.3 is 5.32 Å². The van der Waals surface area contributed by atoms with Crippen LogP contribution in [0, 0.1) is 11.3 Å². The van der Waals surface area contributed by atoms with Crippen LogP contribution >= 0.6 is 34.4 Å². The summed E-state index contributed by atoms with van der Waals surface area (Å²) >= 11 is 4.77. The average Bonchev–Trinajstić information content (AvgIpc) is 3.30. The Morgan fingerprint density at radius 1 is 1.48 bits per heavy atom. The first-order valence-corrected chi connectivity index (χ1v) is 11.2. The Hall–Kier alpha value is -1.36. The summed E-state index contributed by atoms with van der Waals surface area (Å²) in [6, 6.07) is 5.33. The number of hydrogen-bond acceptors (Lipinski definition) is 6. The summed E-state index contributed by atoms with van der Waals surface area (Å²) in [6.45, 7) is 2.02. The van der Waals surface area contributed by atoms with E-state index in [1.165, 1.54) is 54.8 Å². The van der Waals surface area contributed by atoms with Crippen molar-refractivity contribution in [2.24, 2.45) is 0 Å². The van der Waals surface area contributed by atoms with Crippen molar-refractivity contribution in [2.45, 2.75) is 61.1 Å². The van der Waals surface area contributed by atoms with Crippen molar-refractivity contribution in [1.29, 1.82) is 5.26 Å². The number of rotatable bonds is 6. The zero-order valence-corrected chi connectivity index (χ0v) is 16.6. The molecule has 0 spiro atoms. The van der Waals surface area contributed by atoms with Gasteiger partial charge in [-0.15, -0.1) is 22.7 Å². The van der Waals surface area contributed by atoms with Gasteiger partial charge in [-0.05, 0) is 30.7 Å². The minimum Gasteiger partial charge on any atom is -0.331 e. The van der Waals surface area contributed by atoms with Crippen molar-refractivity contribution < 1.29 is 4.79 Å². The van der Waals surface area contributed by atoms with Crippen molar-refractivity contribution in [3.8, 4) is 6.07 Å². The van der Waals surface area contributed by atoms with Crippen molar-refractivity contribution >= 4 is 40.3 Å². The topological polar surface area (TPSA) is 65.8 Å². The maximum absolute atomic E-state index is 12.7. The Balaban J connectivity index is 1.72. The molecule has 0 aromatic carbocycles. The fourth-order valence-corrected chi connectivity index (χ4v) is 6.32. The highest BCUT2D eigenvalue weighted by molar-refractivity contribution is 8.01. The highest BCUT2D eigenvalue weighted by Gasteiger charge is 2.23. The van der Waals surface area contributed by atoms with Crippen LogP contribution in [0.1, 0.15) is 65.3 Å². The number of thioether (sulfide) groups is 1. The number of amides is 1. The Labute approximate surface area is 160 Å². The first-order chi connectivity index (χ1) is 12.2. The fraction of sp³-hybridized carbons (Fsp3) is 0.500. The number of nitrogens with one attached hydrogen (secondary N) is 1. The molecule has 1 aliphatic carbocycles. The van der Waals surface area contributed by atoms with Crippen LogP contribution < -0.4 is 5.32 Å². The van der Waals surface area contributed by atoms with Gasteiger partial charge in [-0.3, -0.25) is 4.79 Å². The molecule has 1 saturated carbocycles. The van der Waals surface area contributed by atoms with Crippen molar-refractivity contribution in [3.05, 3.63) is 33.0 Å². The van der Waals surface area contributed by atoms with E-state index in [0.29, 0.717) is 10.1 Å². The van der Waals surface area contributed by atoms with Gasteiger partial charge in [-0.2, -0.15) is 5.26 Å². The highest BCUT2D eigenvalue weighted by atomic mass is 32.2. The molecule has 1 amide bonds. The molecule has 1 aliphatic rings. The third-order valence-corrected chi connectivity index (χ3v) is 7.74. The van der Waals surface area contributed by atoms with E-state index in [2.05, 4.69) is 16.4 Å². The quantitative estimate of drug-likeness (QED) is 0.736. The Morgan fingerprint density at radius 3 is 2.92 bits per heavy atom. The molecule has 1 N–H and O–H groups in total. The molecule has 0 saturated heterocycles. The monoisotopic (exact) mass is 391 g/mol. The summed E-state index contributed by atoms with van der Waals surface area (Å²) in [5, 5.41) is 14.8. The zero-order valence-electron chi connectivity index (χ0n) is 14.2. The van der Waals surface area contributed by atoms with E-state index in [4.69, 9.17) is 0 Å². The van der Waals surface area contributed by atoms with E-state index in [1.807, 2.05) is 36.2 Å². The Bertz CT molecular complexity index is 742. The van der Waals surface area contributed by atoms with Crippen LogP contribution in [0.3, 0.4) is 0 Å². The molecular formula is C18H21N3OS3. The molecule has 1 atom stereocenters. The second kappa shape index (κ2) is 8.84. The van der Waals surface area contributed by atoms with Crippen molar-refractivity contribution in [2.75, 3.05) is 0 Å². The first kappa shape index (κ1) is 18.4. The minimum atomic E-state index is -0.603. The van der Waals surface area contributed by atoms with Gasteiger partial charge in [0.1, 0.15) is 4.88 Å². The third-order valence-electron chi connectivity index (χ3n) is 4.27. The number of hydrogen-bond donors (Lipinski definition) is 1. The van der Waals surface area contributed by atoms with Crippen LogP contribution in [0.25, 0.3) is 0 Å². The van der Waals surface area contributed by atoms with E-state index in [1.54, 1.807) is 0 Å². The number of nitrogens with zero attached hydrogens (tertiary/aromatic N) is 2. The summed E-state index contributed by atoms with van der Waals surface area (Å²) in [6.07, 6.45) is 7.12. The summed E-state index contributed by atoms with van der Waals surface area (Å²) in [4.78, 5) is 18.9. The van der Waals surface area contributed by atoms with Crippen LogP contribution in [0.4, 0.5) is 0 Å². The predicted octanol–water partition coefficient (Wildman–Crippen LogP) is 5.19. The normalized spacial score (nSPS) is 16.3. The van der Waals surface area contributed by atoms with Gasteiger partial charge in [0.25, 0.3) is 5.91 Å². The number of thiophene rings is 1. The van der Waals surface area contributed by atoms with Gasteiger partial charge in [0, 0.05) is 10.1 Å². The lowest BCUT2D eigenvalue weighted by Gasteiger charge is -2.19. The van der Waals surface area contributed by atoms with Crippen LogP contribution in [-0.2, 0) is 6.42 Å². The fourth-order valence-electron chi connectivity index (χ4n) is 2.94. The van der Waals surface area contributed by atoms with E-state index < -0.39 is 6.04 Å². The SMILES string of the molecule is CCc1nc(SC2CCCCC2)sc1C(=O)NC(C#N)c1cccs1. The van der Waals surface area contributed by atoms with Gasteiger partial charge in [0.2, 0.25) is 0 Å². The van der Waals surface area contributed by atoms with Crippen molar-refractivity contribution in [1.82, 2.24) is 10.3 Å². The smallest absolute Gasteiger partial charge is 0.264 e. The number of carbonyl (C=O) groups is 1. The lowest BCUT2D eigenvalue weighted by Crippen LogP contribution is -2.27. The minimum absolute atomic E-state index is 0.190. The highest BCUT2D eigenvalue weighted by Crippen LogP contribution is 2.37. The van der Waals surface area contributed by atoms with Gasteiger partial charge in [0.05, 0.1) is 11.8 Å². The lowest BCUT2D eigenvalue weighted by atomic mass is 10.0. The molecule has 2 aromatic heterocycles. The number of carbonyl (C=O) groups excluding carboxylic acids is 1. The maximum Gasteiger partial charge on any atom is 0.264 e. The molecule has 0 bridgehead atoms. The molecule has 0 aliphatic heterocycles. The van der Waals surface area contributed by atoms with Crippen LogP contribution in [0.15, 0.2) is 21.9 Å². The van der Waals surface area contributed by atoms with Crippen LogP contribution in [0.2, 0.25) is 0 Å². The van der Waals surface area contributed by atoms with Gasteiger partial charge in [-0.1, -0.05) is 44.0 Å². The summed E-state index contributed by atoms with van der Waals surface area (Å²) in [5.74, 6) is -0.190. The van der Waals surface area contributed by atoms with E-state index in [-0.39, 0.29) is 5.91 Å². The van der Waals surface area contributed by atoms with E-state index >= 15 is 0 Å². The first-order valence-electron chi connectivity index (χ1n) is 8.61. The number of aromatic nitrogens is 1. The lowest BCUT2D eigenvalue weighted by molar-refractivity contribution is 0.0948.